The fraction of sp³-hybridized carbons (Fsp3) is 0.118. The third-order valence-electron chi connectivity index (χ3n) is 3.43. The van der Waals surface area contributed by atoms with Crippen molar-refractivity contribution in [2.75, 3.05) is 12.4 Å². The molecule has 0 amide bonds. The van der Waals surface area contributed by atoms with Crippen molar-refractivity contribution in [1.29, 1.82) is 0 Å². The van der Waals surface area contributed by atoms with Gasteiger partial charge < -0.3 is 10.1 Å². The van der Waals surface area contributed by atoms with Crippen molar-refractivity contribution in [2.45, 2.75) is 6.92 Å². The van der Waals surface area contributed by atoms with Gasteiger partial charge in [-0.2, -0.15) is 5.10 Å². The summed E-state index contributed by atoms with van der Waals surface area (Å²) >= 11 is 5.97. The van der Waals surface area contributed by atoms with E-state index in [0.717, 1.165) is 39.1 Å². The second-order valence-corrected chi connectivity index (χ2v) is 5.42. The van der Waals surface area contributed by atoms with Gasteiger partial charge in [-0.25, -0.2) is 0 Å². The quantitative estimate of drug-likeness (QED) is 0.728. The maximum absolute atomic E-state index is 5.97. The molecule has 0 aliphatic rings. The molecule has 4 nitrogen and oxygen atoms in total. The molecular formula is C17H16ClN3O. The number of aromatic nitrogens is 2. The predicted octanol–water partition coefficient (Wildman–Crippen LogP) is 4.79. The first-order valence-corrected chi connectivity index (χ1v) is 7.26. The van der Waals surface area contributed by atoms with Crippen molar-refractivity contribution in [1.82, 2.24) is 10.2 Å². The van der Waals surface area contributed by atoms with E-state index < -0.39 is 0 Å². The third kappa shape index (κ3) is 3.07. The number of aromatic amines is 1. The Kier molecular flexibility index (Phi) is 4.02. The molecule has 3 rings (SSSR count). The van der Waals surface area contributed by atoms with Crippen LogP contribution >= 0.6 is 11.6 Å². The Morgan fingerprint density at radius 2 is 1.86 bits per heavy atom. The van der Waals surface area contributed by atoms with Gasteiger partial charge in [0.2, 0.25) is 0 Å². The maximum Gasteiger partial charge on any atom is 0.152 e. The molecule has 2 N–H and O–H groups in total. The summed E-state index contributed by atoms with van der Waals surface area (Å²) in [4.78, 5) is 0. The molecule has 0 bridgehead atoms. The molecule has 0 saturated carbocycles. The lowest BCUT2D eigenvalue weighted by Gasteiger charge is -2.06. The van der Waals surface area contributed by atoms with Crippen LogP contribution in [0, 0.1) is 6.92 Å². The molecule has 112 valence electrons. The number of H-pyrrole nitrogens is 1. The first kappa shape index (κ1) is 14.5. The summed E-state index contributed by atoms with van der Waals surface area (Å²) in [5.41, 5.74) is 4.05. The van der Waals surface area contributed by atoms with E-state index in [0.29, 0.717) is 0 Å². The van der Waals surface area contributed by atoms with E-state index in [1.54, 1.807) is 7.11 Å². The van der Waals surface area contributed by atoms with Crippen LogP contribution in [0.3, 0.4) is 0 Å². The third-order valence-corrected chi connectivity index (χ3v) is 3.67. The Balaban J connectivity index is 1.81. The van der Waals surface area contributed by atoms with Crippen LogP contribution in [0.5, 0.6) is 5.75 Å². The van der Waals surface area contributed by atoms with E-state index in [1.165, 1.54) is 0 Å². The summed E-state index contributed by atoms with van der Waals surface area (Å²) in [5, 5.41) is 11.3. The lowest BCUT2D eigenvalue weighted by molar-refractivity contribution is 0.415. The van der Waals surface area contributed by atoms with E-state index >= 15 is 0 Å². The normalized spacial score (nSPS) is 10.5. The Bertz CT molecular complexity index is 781. The SMILES string of the molecule is COc1ccc(-c2cc(Nc3ccc(Cl)cc3C)n[nH]2)cc1. The number of halogens is 1. The summed E-state index contributed by atoms with van der Waals surface area (Å²) in [5.74, 6) is 1.59. The van der Waals surface area contributed by atoms with Gasteiger partial charge in [-0.1, -0.05) is 11.6 Å². The number of rotatable bonds is 4. The predicted molar refractivity (Wildman–Crippen MR) is 90.0 cm³/mol. The molecular weight excluding hydrogens is 298 g/mol. The van der Waals surface area contributed by atoms with Gasteiger partial charge in [-0.15, -0.1) is 0 Å². The monoisotopic (exact) mass is 313 g/mol. The number of nitrogens with one attached hydrogen (secondary N) is 2. The van der Waals surface area contributed by atoms with Gasteiger partial charge in [0.05, 0.1) is 12.8 Å². The van der Waals surface area contributed by atoms with Crippen molar-refractivity contribution >= 4 is 23.1 Å². The Hall–Kier alpha value is -2.46. The van der Waals surface area contributed by atoms with E-state index in [-0.39, 0.29) is 0 Å². The number of nitrogens with zero attached hydrogens (tertiary/aromatic N) is 1. The minimum atomic E-state index is 0.726. The molecule has 1 heterocycles. The molecule has 0 atom stereocenters. The molecule has 0 aliphatic heterocycles. The van der Waals surface area contributed by atoms with Crippen LogP contribution in [0.4, 0.5) is 11.5 Å². The smallest absolute Gasteiger partial charge is 0.152 e. The molecule has 0 aliphatic carbocycles. The first-order valence-electron chi connectivity index (χ1n) is 6.89. The van der Waals surface area contributed by atoms with Crippen LogP contribution in [0.2, 0.25) is 5.02 Å². The maximum atomic E-state index is 5.97. The van der Waals surface area contributed by atoms with Crippen molar-refractivity contribution in [3.05, 3.63) is 59.1 Å². The van der Waals surface area contributed by atoms with E-state index in [2.05, 4.69) is 15.5 Å². The van der Waals surface area contributed by atoms with Crippen LogP contribution in [0.1, 0.15) is 5.56 Å². The van der Waals surface area contributed by atoms with Gasteiger partial charge in [0.15, 0.2) is 5.82 Å². The number of methoxy groups -OCH3 is 1. The summed E-state index contributed by atoms with van der Waals surface area (Å²) in [7, 11) is 1.65. The topological polar surface area (TPSA) is 49.9 Å². The van der Waals surface area contributed by atoms with Crippen LogP contribution in [-0.4, -0.2) is 17.3 Å². The zero-order valence-corrected chi connectivity index (χ0v) is 13.1. The molecule has 5 heteroatoms. The Morgan fingerprint density at radius 3 is 2.55 bits per heavy atom. The lowest BCUT2D eigenvalue weighted by Crippen LogP contribution is -1.92. The number of anilines is 2. The number of aryl methyl sites for hydroxylation is 1. The van der Waals surface area contributed by atoms with E-state index in [4.69, 9.17) is 16.3 Å². The fourth-order valence-electron chi connectivity index (χ4n) is 2.21. The standard InChI is InChI=1S/C17H16ClN3O/c1-11-9-13(18)5-8-15(11)19-17-10-16(20-21-17)12-3-6-14(22-2)7-4-12/h3-10H,1-2H3,(H2,19,20,21). The molecule has 0 fully saturated rings. The van der Waals surface area contributed by atoms with E-state index in [1.807, 2.05) is 55.5 Å². The average molecular weight is 314 g/mol. The van der Waals surface area contributed by atoms with Crippen molar-refractivity contribution < 1.29 is 4.74 Å². The van der Waals surface area contributed by atoms with Crippen LogP contribution in [-0.2, 0) is 0 Å². The second-order valence-electron chi connectivity index (χ2n) is 4.98. The Labute approximate surface area is 134 Å². The number of hydrogen-bond donors (Lipinski definition) is 2. The highest BCUT2D eigenvalue weighted by molar-refractivity contribution is 6.30. The van der Waals surface area contributed by atoms with Crippen molar-refractivity contribution in [3.63, 3.8) is 0 Å². The van der Waals surface area contributed by atoms with Crippen molar-refractivity contribution in [3.8, 4) is 17.0 Å². The lowest BCUT2D eigenvalue weighted by atomic mass is 10.1. The summed E-state index contributed by atoms with van der Waals surface area (Å²) in [6, 6.07) is 15.5. The minimum absolute atomic E-state index is 0.726. The largest absolute Gasteiger partial charge is 0.497 e. The average Bonchev–Trinajstić information content (AvgIpc) is 2.99. The summed E-state index contributed by atoms with van der Waals surface area (Å²) in [6.07, 6.45) is 0. The number of hydrogen-bond acceptors (Lipinski definition) is 3. The molecule has 2 aromatic carbocycles. The van der Waals surface area contributed by atoms with Crippen LogP contribution in [0.15, 0.2) is 48.5 Å². The Morgan fingerprint density at radius 1 is 1.09 bits per heavy atom. The van der Waals surface area contributed by atoms with Crippen LogP contribution in [0.25, 0.3) is 11.3 Å². The number of ether oxygens (including phenoxy) is 1. The fourth-order valence-corrected chi connectivity index (χ4v) is 2.44. The highest BCUT2D eigenvalue weighted by Crippen LogP contribution is 2.26. The highest BCUT2D eigenvalue weighted by atomic mass is 35.5. The molecule has 1 aromatic heterocycles. The van der Waals surface area contributed by atoms with E-state index in [9.17, 15) is 0 Å². The van der Waals surface area contributed by atoms with Gasteiger partial charge in [0.25, 0.3) is 0 Å². The molecule has 22 heavy (non-hydrogen) atoms. The minimum Gasteiger partial charge on any atom is -0.497 e. The molecule has 0 spiro atoms. The molecule has 0 radical (unpaired) electrons. The summed E-state index contributed by atoms with van der Waals surface area (Å²) in [6.45, 7) is 2.01. The van der Waals surface area contributed by atoms with Gasteiger partial charge in [-0.05, 0) is 60.5 Å². The molecule has 3 aromatic rings. The highest BCUT2D eigenvalue weighted by Gasteiger charge is 2.06. The van der Waals surface area contributed by atoms with Crippen LogP contribution < -0.4 is 10.1 Å². The molecule has 0 saturated heterocycles. The first-order chi connectivity index (χ1) is 10.7. The number of benzene rings is 2. The zero-order chi connectivity index (χ0) is 15.5. The van der Waals surface area contributed by atoms with Gasteiger partial charge >= 0.3 is 0 Å². The van der Waals surface area contributed by atoms with Gasteiger partial charge in [0.1, 0.15) is 5.75 Å². The van der Waals surface area contributed by atoms with Gasteiger partial charge in [-0.3, -0.25) is 5.10 Å². The van der Waals surface area contributed by atoms with Crippen molar-refractivity contribution in [2.24, 2.45) is 0 Å². The second kappa shape index (κ2) is 6.12. The molecule has 0 unspecified atom stereocenters. The zero-order valence-electron chi connectivity index (χ0n) is 12.4. The van der Waals surface area contributed by atoms with Gasteiger partial charge in [0, 0.05) is 16.8 Å². The summed E-state index contributed by atoms with van der Waals surface area (Å²) < 4.78 is 5.16.